The summed E-state index contributed by atoms with van der Waals surface area (Å²) in [5, 5.41) is 2.46. The molecule has 50 heavy (non-hydrogen) atoms. The number of pyridine rings is 1. The van der Waals surface area contributed by atoms with Crippen molar-refractivity contribution in [2.45, 2.75) is 45.4 Å². The van der Waals surface area contributed by atoms with Crippen molar-refractivity contribution in [2.24, 2.45) is 11.8 Å². The predicted molar refractivity (Wildman–Crippen MR) is 172 cm³/mol. The fourth-order valence-corrected chi connectivity index (χ4v) is 4.58. The summed E-state index contributed by atoms with van der Waals surface area (Å²) in [6.45, 7) is 4.38. The third-order valence-corrected chi connectivity index (χ3v) is 7.22. The molecule has 0 aliphatic carbocycles. The number of aromatic nitrogens is 1. The fourth-order valence-electron chi connectivity index (χ4n) is 4.58. The van der Waals surface area contributed by atoms with Gasteiger partial charge < -0.3 is 47.9 Å². The normalized spacial score (nSPS) is 19.2. The van der Waals surface area contributed by atoms with Gasteiger partial charge in [-0.15, -0.1) is 0 Å². The summed E-state index contributed by atoms with van der Waals surface area (Å²) in [5.74, 6) is -5.64. The Morgan fingerprint density at radius 3 is 2.40 bits per heavy atom. The standard InChI is InChI=1S/C34H44N2O14/c1-21(2)32(39)50-29-22(3)49-34(41)25(18-46-33(40)24(29)17-23-9-7-6-8-10-23)36-31(38)28-30(26(43-5)11-12-35-28)48-20-47-27(37)19-45-16-15-44-14-13-42-4/h6-12,21-22,24-25,29H,13-20H2,1-5H3,(H,36,38)/t22-,24+,25-,29-/m0/s1. The van der Waals surface area contributed by atoms with Gasteiger partial charge in [-0.2, -0.15) is 0 Å². The topological polar surface area (TPSA) is 193 Å². The van der Waals surface area contributed by atoms with Crippen LogP contribution in [0.5, 0.6) is 11.5 Å². The first kappa shape index (κ1) is 39.6. The number of nitrogens with zero attached hydrogens (tertiary/aromatic N) is 1. The SMILES string of the molecule is COCCOCCOCC(=O)OCOc1c(OC)ccnc1C(=O)N[C@H]1COC(=O)[C@H](Cc2ccccc2)[C@@H](OC(=O)C(C)C)[C@H](C)OC1=O. The molecule has 2 heterocycles. The molecule has 1 aliphatic rings. The van der Waals surface area contributed by atoms with Crippen LogP contribution in [0.15, 0.2) is 42.6 Å². The minimum Gasteiger partial charge on any atom is -0.493 e. The van der Waals surface area contributed by atoms with Gasteiger partial charge in [-0.3, -0.25) is 14.4 Å². The maximum atomic E-state index is 13.5. The Kier molecular flexibility index (Phi) is 16.4. The molecule has 16 nitrogen and oxygen atoms in total. The van der Waals surface area contributed by atoms with E-state index in [1.54, 1.807) is 45.2 Å². The number of hydrogen-bond donors (Lipinski definition) is 1. The van der Waals surface area contributed by atoms with E-state index in [1.807, 2.05) is 6.07 Å². The monoisotopic (exact) mass is 704 g/mol. The molecule has 16 heteroatoms. The molecule has 3 rings (SSSR count). The second kappa shape index (κ2) is 20.7. The van der Waals surface area contributed by atoms with Crippen LogP contribution in [0.2, 0.25) is 0 Å². The van der Waals surface area contributed by atoms with Crippen molar-refractivity contribution >= 4 is 29.8 Å². The average molecular weight is 705 g/mol. The summed E-state index contributed by atoms with van der Waals surface area (Å²) in [7, 11) is 2.87. The van der Waals surface area contributed by atoms with Gasteiger partial charge in [0.05, 0.1) is 39.5 Å². The molecule has 1 amide bonds. The van der Waals surface area contributed by atoms with Crippen LogP contribution in [0.25, 0.3) is 0 Å². The minimum absolute atomic E-state index is 0.0707. The quantitative estimate of drug-likeness (QED) is 0.102. The predicted octanol–water partition coefficient (Wildman–Crippen LogP) is 1.66. The minimum atomic E-state index is -1.49. The lowest BCUT2D eigenvalue weighted by Gasteiger charge is -2.29. The van der Waals surface area contributed by atoms with Crippen molar-refractivity contribution in [3.8, 4) is 11.5 Å². The summed E-state index contributed by atoms with van der Waals surface area (Å²) in [5.41, 5.74) is 0.434. The number of nitrogens with one attached hydrogen (secondary N) is 1. The number of carbonyl (C=O) groups is 5. The number of benzene rings is 1. The van der Waals surface area contributed by atoms with E-state index in [4.69, 9.17) is 42.6 Å². The van der Waals surface area contributed by atoms with E-state index >= 15 is 0 Å². The van der Waals surface area contributed by atoms with Gasteiger partial charge in [-0.25, -0.2) is 14.6 Å². The van der Waals surface area contributed by atoms with Crippen molar-refractivity contribution in [3.05, 3.63) is 53.9 Å². The molecule has 2 aromatic rings. The van der Waals surface area contributed by atoms with Crippen molar-refractivity contribution in [2.75, 3.05) is 60.7 Å². The highest BCUT2D eigenvalue weighted by atomic mass is 16.7. The molecular weight excluding hydrogens is 660 g/mol. The molecule has 0 unspecified atom stereocenters. The number of carbonyl (C=O) groups excluding carboxylic acids is 5. The zero-order valence-electron chi connectivity index (χ0n) is 28.7. The Hall–Kier alpha value is -4.80. The molecule has 274 valence electrons. The van der Waals surface area contributed by atoms with E-state index < -0.39 is 73.3 Å². The molecular formula is C34H44N2O14. The molecule has 0 radical (unpaired) electrons. The first-order chi connectivity index (χ1) is 24.0. The first-order valence-electron chi connectivity index (χ1n) is 15.9. The second-order valence-corrected chi connectivity index (χ2v) is 11.3. The van der Waals surface area contributed by atoms with E-state index in [2.05, 4.69) is 10.3 Å². The number of cyclic esters (lactones) is 2. The first-order valence-corrected chi connectivity index (χ1v) is 15.9. The van der Waals surface area contributed by atoms with Crippen LogP contribution in [0.3, 0.4) is 0 Å². The highest BCUT2D eigenvalue weighted by Crippen LogP contribution is 2.30. The molecule has 0 bridgehead atoms. The van der Waals surface area contributed by atoms with Crippen molar-refractivity contribution in [1.82, 2.24) is 10.3 Å². The van der Waals surface area contributed by atoms with Crippen LogP contribution >= 0.6 is 0 Å². The molecule has 1 aromatic carbocycles. The van der Waals surface area contributed by atoms with E-state index in [0.717, 1.165) is 5.56 Å². The average Bonchev–Trinajstić information content (AvgIpc) is 3.13. The van der Waals surface area contributed by atoms with E-state index in [1.165, 1.54) is 26.3 Å². The van der Waals surface area contributed by atoms with Crippen LogP contribution in [0.1, 0.15) is 36.8 Å². The zero-order valence-corrected chi connectivity index (χ0v) is 28.7. The number of amides is 1. The van der Waals surface area contributed by atoms with Crippen LogP contribution < -0.4 is 14.8 Å². The molecule has 1 aromatic heterocycles. The number of hydrogen-bond acceptors (Lipinski definition) is 15. The van der Waals surface area contributed by atoms with E-state index in [0.29, 0.717) is 13.2 Å². The zero-order chi connectivity index (χ0) is 36.5. The third kappa shape index (κ3) is 12.3. The van der Waals surface area contributed by atoms with Gasteiger partial charge in [0.15, 0.2) is 29.3 Å². The second-order valence-electron chi connectivity index (χ2n) is 11.3. The molecule has 4 atom stereocenters. The molecule has 1 saturated heterocycles. The number of methoxy groups -OCH3 is 2. The summed E-state index contributed by atoms with van der Waals surface area (Å²) in [6, 6.07) is 8.95. The molecule has 1 aliphatic heterocycles. The van der Waals surface area contributed by atoms with Gasteiger partial charge in [0.2, 0.25) is 6.79 Å². The maximum Gasteiger partial charge on any atom is 0.334 e. The lowest BCUT2D eigenvalue weighted by molar-refractivity contribution is -0.176. The lowest BCUT2D eigenvalue weighted by Crippen LogP contribution is -2.47. The van der Waals surface area contributed by atoms with Gasteiger partial charge in [-0.1, -0.05) is 44.2 Å². The third-order valence-electron chi connectivity index (χ3n) is 7.22. The molecule has 0 spiro atoms. The summed E-state index contributed by atoms with van der Waals surface area (Å²) >= 11 is 0. The van der Waals surface area contributed by atoms with Crippen LogP contribution in [0, 0.1) is 11.8 Å². The van der Waals surface area contributed by atoms with Crippen molar-refractivity contribution < 1.29 is 66.6 Å². The fraction of sp³-hybridized carbons (Fsp3) is 0.529. The number of rotatable bonds is 18. The summed E-state index contributed by atoms with van der Waals surface area (Å²) in [4.78, 5) is 69.1. The smallest absolute Gasteiger partial charge is 0.334 e. The largest absolute Gasteiger partial charge is 0.493 e. The highest BCUT2D eigenvalue weighted by molar-refractivity contribution is 5.98. The van der Waals surface area contributed by atoms with E-state index in [9.17, 15) is 24.0 Å². The van der Waals surface area contributed by atoms with Gasteiger partial charge >= 0.3 is 23.9 Å². The lowest BCUT2D eigenvalue weighted by atomic mass is 9.91. The highest BCUT2D eigenvalue weighted by Gasteiger charge is 2.42. The maximum absolute atomic E-state index is 13.5. The number of esters is 4. The van der Waals surface area contributed by atoms with Crippen molar-refractivity contribution in [3.63, 3.8) is 0 Å². The Balaban J connectivity index is 1.70. The Morgan fingerprint density at radius 2 is 1.70 bits per heavy atom. The van der Waals surface area contributed by atoms with Gasteiger partial charge in [0.1, 0.15) is 25.2 Å². The molecule has 1 fully saturated rings. The Morgan fingerprint density at radius 1 is 0.980 bits per heavy atom. The van der Waals surface area contributed by atoms with E-state index in [-0.39, 0.29) is 43.4 Å². The van der Waals surface area contributed by atoms with Crippen molar-refractivity contribution in [1.29, 1.82) is 0 Å². The summed E-state index contributed by atoms with van der Waals surface area (Å²) < 4.78 is 48.0. The molecule has 0 saturated carbocycles. The van der Waals surface area contributed by atoms with Gasteiger partial charge in [0.25, 0.3) is 5.91 Å². The van der Waals surface area contributed by atoms with Crippen LogP contribution in [-0.4, -0.2) is 114 Å². The number of ether oxygens (including phenoxy) is 9. The Bertz CT molecular complexity index is 1420. The van der Waals surface area contributed by atoms with Crippen LogP contribution in [0.4, 0.5) is 0 Å². The van der Waals surface area contributed by atoms with Gasteiger partial charge in [-0.05, 0) is 18.9 Å². The van der Waals surface area contributed by atoms with Crippen LogP contribution in [-0.2, 0) is 58.8 Å². The van der Waals surface area contributed by atoms with Gasteiger partial charge in [0, 0.05) is 19.4 Å². The molecule has 1 N–H and O–H groups in total. The Labute approximate surface area is 289 Å². The summed E-state index contributed by atoms with van der Waals surface area (Å²) in [6.07, 6.45) is -0.887.